The molecule has 0 radical (unpaired) electrons. The van der Waals surface area contributed by atoms with E-state index in [0.717, 1.165) is 12.8 Å². The third kappa shape index (κ3) is 5.04. The van der Waals surface area contributed by atoms with Crippen molar-refractivity contribution in [3.63, 3.8) is 0 Å². The number of rotatable bonds is 7. The lowest BCUT2D eigenvalue weighted by Gasteiger charge is -2.14. The molecular weight excluding hydrogens is 314 g/mol. The van der Waals surface area contributed by atoms with Crippen LogP contribution in [0.25, 0.3) is 0 Å². The van der Waals surface area contributed by atoms with E-state index in [2.05, 4.69) is 6.92 Å². The summed E-state index contributed by atoms with van der Waals surface area (Å²) in [5.41, 5.74) is 0.202. The number of hydrogen-bond donors (Lipinski definition) is 0. The van der Waals surface area contributed by atoms with Gasteiger partial charge in [-0.1, -0.05) is 20.3 Å². The van der Waals surface area contributed by atoms with Crippen LogP contribution in [-0.4, -0.2) is 25.6 Å². The fraction of sp³-hybridized carbons (Fsp3) is 0.643. The van der Waals surface area contributed by atoms with Gasteiger partial charge in [0.2, 0.25) is 0 Å². The van der Waals surface area contributed by atoms with Gasteiger partial charge >= 0.3 is 5.97 Å². The first-order valence-electron chi connectivity index (χ1n) is 7.00. The van der Waals surface area contributed by atoms with E-state index in [1.54, 1.807) is 4.57 Å². The van der Waals surface area contributed by atoms with E-state index in [4.69, 9.17) is 15.4 Å². The molecule has 1 unspecified atom stereocenters. The van der Waals surface area contributed by atoms with Crippen LogP contribution in [0.15, 0.2) is 17.2 Å². The largest absolute Gasteiger partial charge is 0.461 e. The van der Waals surface area contributed by atoms with Crippen LogP contribution in [0.3, 0.4) is 0 Å². The monoisotopic (exact) mass is 335 g/mol. The van der Waals surface area contributed by atoms with Crippen LogP contribution in [0.2, 0.25) is 0 Å². The molecule has 0 aliphatic rings. The predicted molar refractivity (Wildman–Crippen MR) is 82.2 cm³/mol. The van der Waals surface area contributed by atoms with Gasteiger partial charge in [0.25, 0.3) is 9.05 Å². The normalized spacial score (nSPS) is 13.4. The molecule has 5 nitrogen and oxygen atoms in total. The lowest BCUT2D eigenvalue weighted by atomic mass is 10.1. The zero-order valence-electron chi connectivity index (χ0n) is 12.8. The molecule has 0 aliphatic heterocycles. The summed E-state index contributed by atoms with van der Waals surface area (Å²) in [6, 6.07) is 1.18. The molecule has 0 bridgehead atoms. The van der Waals surface area contributed by atoms with Crippen LogP contribution >= 0.6 is 10.7 Å². The molecule has 0 aromatic carbocycles. The van der Waals surface area contributed by atoms with Gasteiger partial charge in [-0.3, -0.25) is 0 Å². The molecule has 0 aliphatic carbocycles. The number of nitrogens with zero attached hydrogens (tertiary/aromatic N) is 1. The number of ether oxygens (including phenoxy) is 1. The van der Waals surface area contributed by atoms with E-state index < -0.39 is 15.0 Å². The van der Waals surface area contributed by atoms with Gasteiger partial charge in [0.05, 0.1) is 6.61 Å². The first kappa shape index (κ1) is 18.0. The van der Waals surface area contributed by atoms with Gasteiger partial charge in [0.15, 0.2) is 0 Å². The fourth-order valence-electron chi connectivity index (χ4n) is 2.05. The molecule has 0 saturated heterocycles. The molecule has 1 atom stereocenters. The summed E-state index contributed by atoms with van der Waals surface area (Å²) in [4.78, 5) is 12.0. The van der Waals surface area contributed by atoms with Crippen molar-refractivity contribution in [2.45, 2.75) is 51.5 Å². The maximum Gasteiger partial charge on any atom is 0.355 e. The zero-order valence-corrected chi connectivity index (χ0v) is 14.4. The van der Waals surface area contributed by atoms with Gasteiger partial charge in [0, 0.05) is 22.9 Å². The minimum Gasteiger partial charge on any atom is -0.461 e. The number of hydrogen-bond acceptors (Lipinski definition) is 4. The summed E-state index contributed by atoms with van der Waals surface area (Å²) in [5.74, 6) is -0.254. The molecule has 0 fully saturated rings. The average molecular weight is 336 g/mol. The van der Waals surface area contributed by atoms with Gasteiger partial charge in [-0.05, 0) is 32.3 Å². The van der Waals surface area contributed by atoms with Crippen LogP contribution in [-0.2, 0) is 13.8 Å². The van der Waals surface area contributed by atoms with Gasteiger partial charge in [0.1, 0.15) is 10.6 Å². The van der Waals surface area contributed by atoms with Crippen molar-refractivity contribution in [3.05, 3.63) is 18.0 Å². The number of carbonyl (C=O) groups excluding carboxylic acids is 1. The Morgan fingerprint density at radius 2 is 2.00 bits per heavy atom. The number of halogens is 1. The quantitative estimate of drug-likeness (QED) is 0.564. The molecule has 1 rings (SSSR count). The minimum atomic E-state index is -3.87. The number of aromatic nitrogens is 1. The molecule has 7 heteroatoms. The first-order valence-corrected chi connectivity index (χ1v) is 9.31. The lowest BCUT2D eigenvalue weighted by molar-refractivity contribution is 0.0429. The molecule has 120 valence electrons. The molecular formula is C14H22ClNO4S. The maximum absolute atomic E-state index is 12.1. The van der Waals surface area contributed by atoms with Gasteiger partial charge in [-0.15, -0.1) is 0 Å². The third-order valence-electron chi connectivity index (χ3n) is 3.15. The highest BCUT2D eigenvalue weighted by Crippen LogP contribution is 2.22. The molecule has 1 aromatic heterocycles. The Kier molecular flexibility index (Phi) is 6.28. The molecule has 21 heavy (non-hydrogen) atoms. The second-order valence-electron chi connectivity index (χ2n) is 5.49. The molecule has 0 amide bonds. The van der Waals surface area contributed by atoms with Crippen molar-refractivity contribution in [2.24, 2.45) is 5.92 Å². The molecule has 0 saturated carbocycles. The van der Waals surface area contributed by atoms with Crippen molar-refractivity contribution in [1.29, 1.82) is 0 Å². The number of carbonyl (C=O) groups is 1. The first-order chi connectivity index (χ1) is 9.66. The Morgan fingerprint density at radius 1 is 1.38 bits per heavy atom. The smallest absolute Gasteiger partial charge is 0.355 e. The Bertz CT molecular complexity index is 592. The third-order valence-corrected chi connectivity index (χ3v) is 4.47. The highest BCUT2D eigenvalue weighted by molar-refractivity contribution is 8.13. The second-order valence-corrected chi connectivity index (χ2v) is 8.06. The van der Waals surface area contributed by atoms with E-state index in [0.29, 0.717) is 6.61 Å². The summed E-state index contributed by atoms with van der Waals surface area (Å²) in [6.45, 7) is 8.09. The predicted octanol–water partition coefficient (Wildman–Crippen LogP) is 3.59. The standard InChI is InChI=1S/C14H22ClNO4S/c1-5-6-11(4)9-20-14(17)13-7-12(21(15,18)19)8-16(13)10(2)3/h7-8,10-11H,5-6,9H2,1-4H3. The zero-order chi connectivity index (χ0) is 16.2. The van der Waals surface area contributed by atoms with Crippen molar-refractivity contribution >= 4 is 25.7 Å². The minimum absolute atomic E-state index is 0.0761. The molecule has 0 N–H and O–H groups in total. The van der Waals surface area contributed by atoms with Crippen LogP contribution in [0.5, 0.6) is 0 Å². The van der Waals surface area contributed by atoms with E-state index in [9.17, 15) is 13.2 Å². The molecule has 1 aromatic rings. The highest BCUT2D eigenvalue weighted by atomic mass is 35.7. The van der Waals surface area contributed by atoms with E-state index in [1.165, 1.54) is 12.3 Å². The Morgan fingerprint density at radius 3 is 2.48 bits per heavy atom. The lowest BCUT2D eigenvalue weighted by Crippen LogP contribution is -2.16. The topological polar surface area (TPSA) is 65.4 Å². The SMILES string of the molecule is CCCC(C)COC(=O)c1cc(S(=O)(=O)Cl)cn1C(C)C. The average Bonchev–Trinajstić information content (AvgIpc) is 2.81. The maximum atomic E-state index is 12.1. The highest BCUT2D eigenvalue weighted by Gasteiger charge is 2.22. The fourth-order valence-corrected chi connectivity index (χ4v) is 2.79. The van der Waals surface area contributed by atoms with Crippen LogP contribution in [0.4, 0.5) is 0 Å². The Hall–Kier alpha value is -1.01. The summed E-state index contributed by atoms with van der Waals surface area (Å²) < 4.78 is 29.6. The van der Waals surface area contributed by atoms with Crippen LogP contribution < -0.4 is 0 Å². The van der Waals surface area contributed by atoms with Crippen LogP contribution in [0, 0.1) is 5.92 Å². The van der Waals surface area contributed by atoms with E-state index in [1.807, 2.05) is 20.8 Å². The van der Waals surface area contributed by atoms with Crippen molar-refractivity contribution in [1.82, 2.24) is 4.57 Å². The van der Waals surface area contributed by atoms with Crippen LogP contribution in [0.1, 0.15) is 57.1 Å². The summed E-state index contributed by atoms with van der Waals surface area (Å²) in [6.07, 6.45) is 3.36. The van der Waals surface area contributed by atoms with Gasteiger partial charge < -0.3 is 9.30 Å². The summed E-state index contributed by atoms with van der Waals surface area (Å²) in [5, 5.41) is 0. The molecule has 1 heterocycles. The van der Waals surface area contributed by atoms with Crippen molar-refractivity contribution in [3.8, 4) is 0 Å². The number of esters is 1. The molecule has 0 spiro atoms. The van der Waals surface area contributed by atoms with Crippen molar-refractivity contribution < 1.29 is 17.9 Å². The van der Waals surface area contributed by atoms with Crippen molar-refractivity contribution in [2.75, 3.05) is 6.61 Å². The summed E-state index contributed by atoms with van der Waals surface area (Å²) in [7, 11) is 1.46. The Balaban J connectivity index is 2.95. The Labute approximate surface area is 130 Å². The van der Waals surface area contributed by atoms with Gasteiger partial charge in [-0.2, -0.15) is 0 Å². The van der Waals surface area contributed by atoms with E-state index >= 15 is 0 Å². The van der Waals surface area contributed by atoms with Gasteiger partial charge in [-0.25, -0.2) is 13.2 Å². The van der Waals surface area contributed by atoms with E-state index in [-0.39, 0.29) is 22.5 Å². The summed E-state index contributed by atoms with van der Waals surface area (Å²) >= 11 is 0. The second kappa shape index (κ2) is 7.31.